The molecule has 0 atom stereocenters. The first-order valence-electron chi connectivity index (χ1n) is 0. The molecule has 0 aliphatic carbocycles. The van der Waals surface area contributed by atoms with E-state index in [1.807, 2.05) is 0 Å². The third-order valence-corrected chi connectivity index (χ3v) is 0. The fraction of sp³-hybridized carbons (Fsp3) is 0. The summed E-state index contributed by atoms with van der Waals surface area (Å²) in [4.78, 5) is 0. The molecule has 4 heavy (non-hydrogen) atoms. The van der Waals surface area contributed by atoms with Gasteiger partial charge in [-0.25, -0.2) is 0 Å². The quantitative estimate of drug-likeness (QED) is 0.407. The predicted molar refractivity (Wildman–Crippen MR) is 36.0 cm³/mol. The van der Waals surface area contributed by atoms with Crippen LogP contribution in [0.25, 0.3) is 0 Å². The molecule has 0 aromatic carbocycles. The second kappa shape index (κ2) is 16.3. The van der Waals surface area contributed by atoms with Crippen LogP contribution in [0.2, 0.25) is 0 Å². The molecule has 26 valence electrons. The van der Waals surface area contributed by atoms with Crippen molar-refractivity contribution in [3.8, 4) is 0 Å². The summed E-state index contributed by atoms with van der Waals surface area (Å²) in [6, 6.07) is 0. The van der Waals surface area contributed by atoms with E-state index in [0.717, 1.165) is 0 Å². The molecule has 0 aromatic heterocycles. The van der Waals surface area contributed by atoms with E-state index < -0.39 is 0 Å². The fourth-order valence-electron chi connectivity index (χ4n) is 0. The predicted octanol–water partition coefficient (Wildman–Crippen LogP) is -2.64. The summed E-state index contributed by atoms with van der Waals surface area (Å²) in [5.41, 5.74) is 0. The first-order valence-corrected chi connectivity index (χ1v) is 0. The topological polar surface area (TPSA) is 0 Å². The maximum absolute atomic E-state index is 0. The second-order valence-electron chi connectivity index (χ2n) is 0. The van der Waals surface area contributed by atoms with Gasteiger partial charge in [0.15, 0.2) is 0 Å². The van der Waals surface area contributed by atoms with Crippen molar-refractivity contribution in [2.75, 3.05) is 0 Å². The minimum absolute atomic E-state index is 0. The van der Waals surface area contributed by atoms with Crippen LogP contribution >= 0.6 is 13.5 Å². The van der Waals surface area contributed by atoms with Gasteiger partial charge in [-0.3, -0.25) is 0 Å². The Kier molecular flexibility index (Phi) is 110. The van der Waals surface area contributed by atoms with E-state index in [9.17, 15) is 0 Å². The molecular weight excluding hydrogens is 367 g/mol. The van der Waals surface area contributed by atoms with Crippen LogP contribution in [0.4, 0.5) is 0 Å². The summed E-state index contributed by atoms with van der Waals surface area (Å²) in [5.74, 6) is 0. The third kappa shape index (κ3) is 8.97. The van der Waals surface area contributed by atoms with E-state index >= 15 is 0 Å². The summed E-state index contributed by atoms with van der Waals surface area (Å²) >= 11 is 0. The molecule has 0 spiro atoms. The first-order chi connectivity index (χ1) is 0. The molecule has 0 saturated carbocycles. The maximum atomic E-state index is 0. The van der Waals surface area contributed by atoms with Crippen LogP contribution in [0.5, 0.6) is 0 Å². The van der Waals surface area contributed by atoms with Gasteiger partial charge in [0, 0.05) is 0 Å². The Hall–Kier alpha value is 3.24. The zero-order valence-electron chi connectivity index (χ0n) is 1.71. The summed E-state index contributed by atoms with van der Waals surface area (Å²) in [6.45, 7) is 0. The van der Waals surface area contributed by atoms with Gasteiger partial charge in [-0.05, 0) is 0 Å². The van der Waals surface area contributed by atoms with E-state index in [2.05, 4.69) is 0 Å². The number of hydrogen-bond donors (Lipinski definition) is 0. The van der Waals surface area contributed by atoms with Crippen LogP contribution in [0.3, 0.4) is 0 Å². The molecule has 0 aliphatic heterocycles. The van der Waals surface area contributed by atoms with Crippen LogP contribution in [-0.4, -0.2) is 89.9 Å². The molecule has 0 aromatic rings. The summed E-state index contributed by atoms with van der Waals surface area (Å²) in [5, 5.41) is 0. The molecule has 0 heterocycles. The van der Waals surface area contributed by atoms with Crippen LogP contribution < -0.4 is 0 Å². The molecule has 0 aliphatic rings. The van der Waals surface area contributed by atoms with Crippen molar-refractivity contribution in [1.29, 1.82) is 0 Å². The molecule has 4 heteroatoms. The van der Waals surface area contributed by atoms with Crippen molar-refractivity contribution in [3.63, 3.8) is 0 Å². The van der Waals surface area contributed by atoms with Gasteiger partial charge >= 0.3 is 89.9 Å². The molecule has 0 amide bonds. The van der Waals surface area contributed by atoms with Crippen molar-refractivity contribution >= 4 is 103 Å². The second-order valence-corrected chi connectivity index (χ2v) is 0. The Morgan fingerprint density at radius 1 is 1.00 bits per heavy atom. The van der Waals surface area contributed by atoms with Gasteiger partial charge in [0.05, 0.1) is 0 Å². The Balaban J connectivity index is 0. The third-order valence-electron chi connectivity index (χ3n) is 0. The Morgan fingerprint density at radius 2 is 1.00 bits per heavy atom. The molecule has 0 N–H and O–H groups in total. The monoisotopic (exact) mass is 378 g/mol. The first kappa shape index (κ1) is 26.9. The zero-order valence-corrected chi connectivity index (χ0v) is 8.84. The van der Waals surface area contributed by atoms with Crippen molar-refractivity contribution in [2.45, 2.75) is 0 Å². The SMILES string of the molecule is S.[BaH2].[SeH2].[SnH2]. The molecule has 0 nitrogen and oxygen atoms in total. The van der Waals surface area contributed by atoms with Crippen molar-refractivity contribution in [3.05, 3.63) is 0 Å². The summed E-state index contributed by atoms with van der Waals surface area (Å²) < 4.78 is 0. The van der Waals surface area contributed by atoms with Gasteiger partial charge in [0.2, 0.25) is 0 Å². The molecule has 0 unspecified atom stereocenters. The Bertz CT molecular complexity index is 8.00. The van der Waals surface area contributed by atoms with E-state index in [1.165, 1.54) is 0 Å². The van der Waals surface area contributed by atoms with Crippen molar-refractivity contribution < 1.29 is 0 Å². The van der Waals surface area contributed by atoms with E-state index in [0.29, 0.717) is 0 Å². The van der Waals surface area contributed by atoms with Gasteiger partial charge in [0.1, 0.15) is 0 Å². The van der Waals surface area contributed by atoms with Gasteiger partial charge in [-0.1, -0.05) is 0 Å². The van der Waals surface area contributed by atoms with Gasteiger partial charge in [-0.2, -0.15) is 13.5 Å². The average molecular weight is 375 g/mol. The van der Waals surface area contributed by atoms with Gasteiger partial charge < -0.3 is 0 Å². The van der Waals surface area contributed by atoms with Gasteiger partial charge in [0.25, 0.3) is 0 Å². The minimum atomic E-state index is 0. The number of rotatable bonds is 0. The molecule has 0 fully saturated rings. The van der Waals surface area contributed by atoms with Crippen LogP contribution in [0, 0.1) is 0 Å². The van der Waals surface area contributed by atoms with Crippen LogP contribution in [0.1, 0.15) is 0 Å². The number of hydrogen-bond acceptors (Lipinski definition) is 0. The van der Waals surface area contributed by atoms with Crippen molar-refractivity contribution in [1.82, 2.24) is 0 Å². The molecular formula is H8BaSSeSn. The van der Waals surface area contributed by atoms with E-state index in [1.54, 1.807) is 0 Å². The molecule has 0 bridgehead atoms. The van der Waals surface area contributed by atoms with E-state index in [-0.39, 0.29) is 103 Å². The zero-order chi connectivity index (χ0) is 0. The fourth-order valence-corrected chi connectivity index (χ4v) is 0. The molecule has 0 saturated heterocycles. The van der Waals surface area contributed by atoms with Crippen LogP contribution in [0.15, 0.2) is 0 Å². The Labute approximate surface area is 101 Å². The molecule has 0 rings (SSSR count). The standard InChI is InChI=1S/Ba.H2S.H2Se.Sn.4H/h;2*1H2;;;;;. The summed E-state index contributed by atoms with van der Waals surface area (Å²) in [6.07, 6.45) is 0. The average Bonchev–Trinajstić information content (AvgIpc) is 0. The van der Waals surface area contributed by atoms with Gasteiger partial charge in [-0.15, -0.1) is 0 Å². The molecule has 2 radical (unpaired) electrons. The van der Waals surface area contributed by atoms with E-state index in [4.69, 9.17) is 0 Å². The normalized spacial score (nSPS) is 0. The summed E-state index contributed by atoms with van der Waals surface area (Å²) in [7, 11) is 0. The van der Waals surface area contributed by atoms with Crippen molar-refractivity contribution in [2.24, 2.45) is 0 Å². The van der Waals surface area contributed by atoms with Crippen LogP contribution in [-0.2, 0) is 0 Å². The Morgan fingerprint density at radius 3 is 1.00 bits per heavy atom.